The highest BCUT2D eigenvalue weighted by atomic mass is 16.5. The van der Waals surface area contributed by atoms with E-state index in [4.69, 9.17) is 9.26 Å². The van der Waals surface area contributed by atoms with E-state index in [-0.39, 0.29) is 12.1 Å². The third-order valence-electron chi connectivity index (χ3n) is 4.07. The summed E-state index contributed by atoms with van der Waals surface area (Å²) >= 11 is 0. The lowest BCUT2D eigenvalue weighted by Crippen LogP contribution is -2.39. The minimum Gasteiger partial charge on any atom is -0.497 e. The predicted molar refractivity (Wildman–Crippen MR) is 85.2 cm³/mol. The Kier molecular flexibility index (Phi) is 4.50. The van der Waals surface area contributed by atoms with Crippen LogP contribution in [0.1, 0.15) is 35.9 Å². The molecule has 0 radical (unpaired) electrons. The Balaban J connectivity index is 1.63. The first-order chi connectivity index (χ1) is 11.2. The van der Waals surface area contributed by atoms with Gasteiger partial charge in [-0.15, -0.1) is 0 Å². The summed E-state index contributed by atoms with van der Waals surface area (Å²) in [4.78, 5) is 14.3. The fourth-order valence-corrected chi connectivity index (χ4v) is 2.91. The van der Waals surface area contributed by atoms with Crippen molar-refractivity contribution in [2.24, 2.45) is 0 Å². The van der Waals surface area contributed by atoms with Crippen molar-refractivity contribution in [2.45, 2.75) is 32.4 Å². The van der Waals surface area contributed by atoms with E-state index in [2.05, 4.69) is 10.5 Å². The van der Waals surface area contributed by atoms with Crippen molar-refractivity contribution in [3.8, 4) is 5.75 Å². The van der Waals surface area contributed by atoms with Crippen LogP contribution < -0.4 is 10.1 Å². The van der Waals surface area contributed by atoms with Crippen LogP contribution in [0, 0.1) is 6.92 Å². The van der Waals surface area contributed by atoms with E-state index in [0.29, 0.717) is 6.54 Å². The van der Waals surface area contributed by atoms with E-state index < -0.39 is 0 Å². The maximum atomic E-state index is 12.5. The summed E-state index contributed by atoms with van der Waals surface area (Å²) in [6.45, 7) is 3.08. The van der Waals surface area contributed by atoms with E-state index in [0.717, 1.165) is 42.2 Å². The molecule has 1 aliphatic heterocycles. The topological polar surface area (TPSA) is 67.6 Å². The molecular weight excluding hydrogens is 294 g/mol. The second-order valence-electron chi connectivity index (χ2n) is 5.73. The lowest BCUT2D eigenvalue weighted by Gasteiger charge is -2.23. The summed E-state index contributed by atoms with van der Waals surface area (Å²) in [5, 5.41) is 6.89. The first-order valence-electron chi connectivity index (χ1n) is 7.78. The monoisotopic (exact) mass is 315 g/mol. The Morgan fingerprint density at radius 2 is 2.35 bits per heavy atom. The number of urea groups is 1. The molecule has 1 aliphatic rings. The van der Waals surface area contributed by atoms with Gasteiger partial charge in [-0.3, -0.25) is 0 Å². The second-order valence-corrected chi connectivity index (χ2v) is 5.73. The molecule has 2 heterocycles. The van der Waals surface area contributed by atoms with E-state index in [1.165, 1.54) is 0 Å². The van der Waals surface area contributed by atoms with Crippen molar-refractivity contribution in [3.05, 3.63) is 47.3 Å². The summed E-state index contributed by atoms with van der Waals surface area (Å²) in [6, 6.07) is 9.47. The van der Waals surface area contributed by atoms with E-state index >= 15 is 0 Å². The molecule has 0 spiro atoms. The minimum absolute atomic E-state index is 0.0264. The highest BCUT2D eigenvalue weighted by Crippen LogP contribution is 2.32. The summed E-state index contributed by atoms with van der Waals surface area (Å²) in [5.41, 5.74) is 1.84. The van der Waals surface area contributed by atoms with Gasteiger partial charge >= 0.3 is 6.03 Å². The number of aromatic nitrogens is 1. The third kappa shape index (κ3) is 3.47. The molecule has 23 heavy (non-hydrogen) atoms. The number of nitrogens with one attached hydrogen (secondary N) is 1. The fourth-order valence-electron chi connectivity index (χ4n) is 2.91. The Morgan fingerprint density at radius 1 is 1.48 bits per heavy atom. The van der Waals surface area contributed by atoms with E-state index in [1.807, 2.05) is 42.2 Å². The maximum Gasteiger partial charge on any atom is 0.318 e. The van der Waals surface area contributed by atoms with Gasteiger partial charge in [0, 0.05) is 19.2 Å². The number of aryl methyl sites for hydroxylation is 1. The average molecular weight is 315 g/mol. The van der Waals surface area contributed by atoms with Gasteiger partial charge in [-0.05, 0) is 37.5 Å². The molecule has 1 N–H and O–H groups in total. The zero-order chi connectivity index (χ0) is 16.2. The van der Waals surface area contributed by atoms with Crippen LogP contribution in [0.5, 0.6) is 5.75 Å². The van der Waals surface area contributed by atoms with Crippen LogP contribution in [0.2, 0.25) is 0 Å². The van der Waals surface area contributed by atoms with Gasteiger partial charge in [0.15, 0.2) is 5.76 Å². The molecule has 2 aromatic rings. The van der Waals surface area contributed by atoms with Gasteiger partial charge in [-0.2, -0.15) is 0 Å². The average Bonchev–Trinajstić information content (AvgIpc) is 3.21. The number of benzene rings is 1. The number of amides is 2. The predicted octanol–water partition coefficient (Wildman–Crippen LogP) is 3.04. The molecule has 1 aromatic heterocycles. The molecule has 1 aromatic carbocycles. The largest absolute Gasteiger partial charge is 0.497 e. The maximum absolute atomic E-state index is 12.5. The molecule has 1 fully saturated rings. The number of hydrogen-bond acceptors (Lipinski definition) is 4. The Labute approximate surface area is 135 Å². The molecule has 1 atom stereocenters. The van der Waals surface area contributed by atoms with Crippen LogP contribution in [0.25, 0.3) is 0 Å². The lowest BCUT2D eigenvalue weighted by molar-refractivity contribution is 0.182. The number of nitrogens with zero attached hydrogens (tertiary/aromatic N) is 2. The van der Waals surface area contributed by atoms with Crippen LogP contribution in [-0.4, -0.2) is 29.7 Å². The summed E-state index contributed by atoms with van der Waals surface area (Å²) < 4.78 is 10.5. The molecule has 2 amide bonds. The molecule has 0 saturated carbocycles. The van der Waals surface area contributed by atoms with Crippen molar-refractivity contribution in [2.75, 3.05) is 13.7 Å². The second kappa shape index (κ2) is 6.73. The van der Waals surface area contributed by atoms with Crippen LogP contribution in [0.4, 0.5) is 4.79 Å². The molecule has 0 aliphatic carbocycles. The summed E-state index contributed by atoms with van der Waals surface area (Å²) in [6.07, 6.45) is 1.87. The Morgan fingerprint density at radius 3 is 3.09 bits per heavy atom. The number of rotatable bonds is 4. The number of ether oxygens (including phenoxy) is 1. The van der Waals surface area contributed by atoms with Gasteiger partial charge in [0.2, 0.25) is 0 Å². The van der Waals surface area contributed by atoms with Gasteiger partial charge in [0.1, 0.15) is 5.75 Å². The SMILES string of the molecule is COc1cccc(CNC(=O)N2CCC[C@@H]2c2cc(C)no2)c1. The molecule has 6 nitrogen and oxygen atoms in total. The van der Waals surface area contributed by atoms with Crippen LogP contribution in [-0.2, 0) is 6.54 Å². The molecule has 1 saturated heterocycles. The number of methoxy groups -OCH3 is 1. The van der Waals surface area contributed by atoms with Gasteiger partial charge in [0.05, 0.1) is 18.8 Å². The summed E-state index contributed by atoms with van der Waals surface area (Å²) in [7, 11) is 1.63. The highest BCUT2D eigenvalue weighted by molar-refractivity contribution is 5.75. The van der Waals surface area contributed by atoms with Gasteiger partial charge in [-0.25, -0.2) is 4.79 Å². The first-order valence-corrected chi connectivity index (χ1v) is 7.78. The van der Waals surface area contributed by atoms with Gasteiger partial charge < -0.3 is 19.5 Å². The lowest BCUT2D eigenvalue weighted by atomic mass is 10.1. The summed E-state index contributed by atoms with van der Waals surface area (Å²) in [5.74, 6) is 1.55. The van der Waals surface area contributed by atoms with Crippen LogP contribution in [0.15, 0.2) is 34.9 Å². The molecule has 0 bridgehead atoms. The molecule has 0 unspecified atom stereocenters. The standard InChI is InChI=1S/C17H21N3O3/c1-12-9-16(23-19-12)15-7-4-8-20(15)17(21)18-11-13-5-3-6-14(10-13)22-2/h3,5-6,9-10,15H,4,7-8,11H2,1-2H3,(H,18,21)/t15-/m1/s1. The van der Waals surface area contributed by atoms with Crippen molar-refractivity contribution < 1.29 is 14.1 Å². The van der Waals surface area contributed by atoms with E-state index in [9.17, 15) is 4.79 Å². The highest BCUT2D eigenvalue weighted by Gasteiger charge is 2.32. The quantitative estimate of drug-likeness (QED) is 0.941. The smallest absolute Gasteiger partial charge is 0.318 e. The van der Waals surface area contributed by atoms with Gasteiger partial charge in [-0.1, -0.05) is 17.3 Å². The van der Waals surface area contributed by atoms with E-state index in [1.54, 1.807) is 7.11 Å². The molecule has 6 heteroatoms. The van der Waals surface area contributed by atoms with Gasteiger partial charge in [0.25, 0.3) is 0 Å². The zero-order valence-electron chi connectivity index (χ0n) is 13.4. The first kappa shape index (κ1) is 15.4. The number of likely N-dealkylation sites (tertiary alicyclic amines) is 1. The molecule has 122 valence electrons. The number of hydrogen-bond donors (Lipinski definition) is 1. The third-order valence-corrected chi connectivity index (χ3v) is 4.07. The Bertz CT molecular complexity index is 683. The zero-order valence-corrected chi connectivity index (χ0v) is 13.4. The Hall–Kier alpha value is -2.50. The van der Waals surface area contributed by atoms with Crippen LogP contribution >= 0.6 is 0 Å². The van der Waals surface area contributed by atoms with Crippen molar-refractivity contribution >= 4 is 6.03 Å². The minimum atomic E-state index is -0.0793. The van der Waals surface area contributed by atoms with Crippen molar-refractivity contribution in [3.63, 3.8) is 0 Å². The molecular formula is C17H21N3O3. The van der Waals surface area contributed by atoms with Crippen molar-refractivity contribution in [1.29, 1.82) is 0 Å². The fraction of sp³-hybridized carbons (Fsp3) is 0.412. The number of carbonyl (C=O) groups excluding carboxylic acids is 1. The normalized spacial score (nSPS) is 17.3. The van der Waals surface area contributed by atoms with Crippen molar-refractivity contribution in [1.82, 2.24) is 15.4 Å². The molecule has 3 rings (SSSR count). The number of carbonyl (C=O) groups is 1. The van der Waals surface area contributed by atoms with Crippen LogP contribution in [0.3, 0.4) is 0 Å².